The summed E-state index contributed by atoms with van der Waals surface area (Å²) in [5.41, 5.74) is 7.27. The van der Waals surface area contributed by atoms with Crippen molar-refractivity contribution in [2.24, 2.45) is 11.7 Å². The molecular formula is C14H22N2O2. The number of aromatic nitrogens is 1. The van der Waals surface area contributed by atoms with Crippen molar-refractivity contribution >= 4 is 0 Å². The van der Waals surface area contributed by atoms with E-state index in [-0.39, 0.29) is 6.04 Å². The van der Waals surface area contributed by atoms with E-state index in [1.165, 1.54) is 0 Å². The van der Waals surface area contributed by atoms with Gasteiger partial charge in [-0.25, -0.2) is 0 Å². The minimum atomic E-state index is 0.0226. The number of hydrogen-bond acceptors (Lipinski definition) is 4. The zero-order valence-electron chi connectivity index (χ0n) is 11.0. The Kier molecular flexibility index (Phi) is 4.96. The van der Waals surface area contributed by atoms with Crippen molar-refractivity contribution in [3.05, 3.63) is 24.0 Å². The summed E-state index contributed by atoms with van der Waals surface area (Å²) in [6.45, 7) is 4.52. The number of ether oxygens (including phenoxy) is 2. The molecule has 4 heteroatoms. The SMILES string of the molecule is CCCOc1cncc(C(N)CC2CCOC2)c1. The van der Waals surface area contributed by atoms with Crippen molar-refractivity contribution in [1.29, 1.82) is 0 Å². The molecule has 2 rings (SSSR count). The maximum absolute atomic E-state index is 6.22. The van der Waals surface area contributed by atoms with Crippen molar-refractivity contribution in [2.75, 3.05) is 19.8 Å². The molecule has 0 amide bonds. The molecule has 18 heavy (non-hydrogen) atoms. The van der Waals surface area contributed by atoms with E-state index in [1.807, 2.05) is 12.3 Å². The summed E-state index contributed by atoms with van der Waals surface area (Å²) in [4.78, 5) is 4.20. The smallest absolute Gasteiger partial charge is 0.137 e. The second kappa shape index (κ2) is 6.71. The van der Waals surface area contributed by atoms with Gasteiger partial charge in [-0.15, -0.1) is 0 Å². The fourth-order valence-electron chi connectivity index (χ4n) is 2.20. The molecule has 1 saturated heterocycles. The lowest BCUT2D eigenvalue weighted by atomic mass is 9.96. The van der Waals surface area contributed by atoms with Crippen LogP contribution in [0.25, 0.3) is 0 Å². The standard InChI is InChI=1S/C14H22N2O2/c1-2-4-18-13-7-12(8-16-9-13)14(15)6-11-3-5-17-10-11/h7-9,11,14H,2-6,10,15H2,1H3. The number of nitrogens with zero attached hydrogens (tertiary/aromatic N) is 1. The topological polar surface area (TPSA) is 57.4 Å². The predicted molar refractivity (Wildman–Crippen MR) is 70.5 cm³/mol. The lowest BCUT2D eigenvalue weighted by Gasteiger charge is -2.16. The first kappa shape index (κ1) is 13.3. The van der Waals surface area contributed by atoms with Crippen LogP contribution in [0, 0.1) is 5.92 Å². The Labute approximate surface area is 108 Å². The Morgan fingerprint density at radius 2 is 2.44 bits per heavy atom. The third kappa shape index (κ3) is 3.68. The molecule has 2 N–H and O–H groups in total. The fourth-order valence-corrected chi connectivity index (χ4v) is 2.20. The maximum atomic E-state index is 6.22. The molecule has 2 unspecified atom stereocenters. The Morgan fingerprint density at radius 3 is 3.17 bits per heavy atom. The molecule has 4 nitrogen and oxygen atoms in total. The van der Waals surface area contributed by atoms with Crippen LogP contribution in [0.1, 0.15) is 37.8 Å². The van der Waals surface area contributed by atoms with Crippen LogP contribution in [-0.4, -0.2) is 24.8 Å². The van der Waals surface area contributed by atoms with Gasteiger partial charge in [0.05, 0.1) is 12.8 Å². The predicted octanol–water partition coefficient (Wildman–Crippen LogP) is 2.30. The summed E-state index contributed by atoms with van der Waals surface area (Å²) < 4.78 is 10.9. The highest BCUT2D eigenvalue weighted by molar-refractivity contribution is 5.25. The number of rotatable bonds is 6. The van der Waals surface area contributed by atoms with Gasteiger partial charge in [-0.3, -0.25) is 4.98 Å². The molecular weight excluding hydrogens is 228 g/mol. The van der Waals surface area contributed by atoms with Crippen LogP contribution in [-0.2, 0) is 4.74 Å². The number of nitrogens with two attached hydrogens (primary N) is 1. The average molecular weight is 250 g/mol. The van der Waals surface area contributed by atoms with Crippen LogP contribution >= 0.6 is 0 Å². The van der Waals surface area contributed by atoms with Crippen LogP contribution in [0.5, 0.6) is 5.75 Å². The van der Waals surface area contributed by atoms with E-state index in [0.29, 0.717) is 5.92 Å². The first-order chi connectivity index (χ1) is 8.79. The molecule has 0 saturated carbocycles. The van der Waals surface area contributed by atoms with Gasteiger partial charge in [-0.2, -0.15) is 0 Å². The van der Waals surface area contributed by atoms with E-state index in [1.54, 1.807) is 6.20 Å². The Morgan fingerprint density at radius 1 is 1.56 bits per heavy atom. The summed E-state index contributed by atoms with van der Waals surface area (Å²) in [7, 11) is 0. The van der Waals surface area contributed by atoms with E-state index in [9.17, 15) is 0 Å². The van der Waals surface area contributed by atoms with E-state index in [4.69, 9.17) is 15.2 Å². The van der Waals surface area contributed by atoms with Crippen LogP contribution in [0.15, 0.2) is 18.5 Å². The molecule has 100 valence electrons. The zero-order chi connectivity index (χ0) is 12.8. The molecule has 1 aromatic rings. The second-order valence-electron chi connectivity index (χ2n) is 4.87. The van der Waals surface area contributed by atoms with Crippen LogP contribution in [0.3, 0.4) is 0 Å². The summed E-state index contributed by atoms with van der Waals surface area (Å²) in [6, 6.07) is 2.03. The highest BCUT2D eigenvalue weighted by Gasteiger charge is 2.20. The van der Waals surface area contributed by atoms with Gasteiger partial charge in [0.1, 0.15) is 5.75 Å². The molecule has 2 atom stereocenters. The molecule has 1 fully saturated rings. The van der Waals surface area contributed by atoms with Crippen molar-refractivity contribution in [3.63, 3.8) is 0 Å². The molecule has 1 aromatic heterocycles. The van der Waals surface area contributed by atoms with Crippen LogP contribution in [0.2, 0.25) is 0 Å². The molecule has 0 aromatic carbocycles. The van der Waals surface area contributed by atoms with E-state index >= 15 is 0 Å². The summed E-state index contributed by atoms with van der Waals surface area (Å²) in [5, 5.41) is 0. The molecule has 2 heterocycles. The third-order valence-corrected chi connectivity index (χ3v) is 3.25. The fraction of sp³-hybridized carbons (Fsp3) is 0.643. The van der Waals surface area contributed by atoms with Gasteiger partial charge in [0.15, 0.2) is 0 Å². The minimum Gasteiger partial charge on any atom is -0.492 e. The molecule has 0 radical (unpaired) electrons. The van der Waals surface area contributed by atoms with Crippen LogP contribution < -0.4 is 10.5 Å². The van der Waals surface area contributed by atoms with Gasteiger partial charge in [-0.05, 0) is 36.8 Å². The van der Waals surface area contributed by atoms with Crippen molar-refractivity contribution in [2.45, 2.75) is 32.2 Å². The second-order valence-corrected chi connectivity index (χ2v) is 4.87. The number of hydrogen-bond donors (Lipinski definition) is 1. The van der Waals surface area contributed by atoms with Crippen molar-refractivity contribution in [1.82, 2.24) is 4.98 Å². The van der Waals surface area contributed by atoms with Gasteiger partial charge >= 0.3 is 0 Å². The normalized spacial score (nSPS) is 20.9. The minimum absolute atomic E-state index is 0.0226. The maximum Gasteiger partial charge on any atom is 0.137 e. The largest absolute Gasteiger partial charge is 0.492 e. The van der Waals surface area contributed by atoms with E-state index < -0.39 is 0 Å². The Hall–Kier alpha value is -1.13. The molecule has 0 spiro atoms. The van der Waals surface area contributed by atoms with Crippen LogP contribution in [0.4, 0.5) is 0 Å². The number of pyridine rings is 1. The highest BCUT2D eigenvalue weighted by atomic mass is 16.5. The molecule has 0 aliphatic carbocycles. The molecule has 1 aliphatic heterocycles. The third-order valence-electron chi connectivity index (χ3n) is 3.25. The summed E-state index contributed by atoms with van der Waals surface area (Å²) in [6.07, 6.45) is 6.64. The van der Waals surface area contributed by atoms with Crippen molar-refractivity contribution in [3.8, 4) is 5.75 Å². The van der Waals surface area contributed by atoms with E-state index in [2.05, 4.69) is 11.9 Å². The van der Waals surface area contributed by atoms with Gasteiger partial charge < -0.3 is 15.2 Å². The monoisotopic (exact) mass is 250 g/mol. The first-order valence-electron chi connectivity index (χ1n) is 6.70. The molecule has 0 bridgehead atoms. The van der Waals surface area contributed by atoms with Gasteiger partial charge in [0, 0.05) is 25.5 Å². The van der Waals surface area contributed by atoms with Crippen molar-refractivity contribution < 1.29 is 9.47 Å². The Balaban J connectivity index is 1.93. The average Bonchev–Trinajstić information content (AvgIpc) is 2.89. The summed E-state index contributed by atoms with van der Waals surface area (Å²) in [5.74, 6) is 1.40. The van der Waals surface area contributed by atoms with Gasteiger partial charge in [-0.1, -0.05) is 6.92 Å². The first-order valence-corrected chi connectivity index (χ1v) is 6.70. The lowest BCUT2D eigenvalue weighted by Crippen LogP contribution is -2.16. The van der Waals surface area contributed by atoms with E-state index in [0.717, 1.165) is 50.4 Å². The lowest BCUT2D eigenvalue weighted by molar-refractivity contribution is 0.182. The quantitative estimate of drug-likeness (QED) is 0.841. The highest BCUT2D eigenvalue weighted by Crippen LogP contribution is 2.26. The van der Waals surface area contributed by atoms with Gasteiger partial charge in [0.25, 0.3) is 0 Å². The summed E-state index contributed by atoms with van der Waals surface area (Å²) >= 11 is 0. The molecule has 1 aliphatic rings. The zero-order valence-corrected chi connectivity index (χ0v) is 11.0. The Bertz CT molecular complexity index is 365. The van der Waals surface area contributed by atoms with Gasteiger partial charge in [0.2, 0.25) is 0 Å².